The molecular formula is C10H8F3NO3. The molecule has 1 N–H and O–H groups in total. The Morgan fingerprint density at radius 3 is 2.53 bits per heavy atom. The molecule has 7 heteroatoms. The molecule has 0 saturated carbocycles. The lowest BCUT2D eigenvalue weighted by Crippen LogP contribution is -2.18. The zero-order valence-electron chi connectivity index (χ0n) is 8.65. The molecule has 1 rings (SSSR count). The Labute approximate surface area is 94.3 Å². The minimum absolute atomic E-state index is 0.172. The maximum absolute atomic E-state index is 12.4. The van der Waals surface area contributed by atoms with E-state index in [2.05, 4.69) is 9.89 Å². The number of oxime groups is 1. The van der Waals surface area contributed by atoms with E-state index in [1.165, 1.54) is 6.07 Å². The maximum Gasteiger partial charge on any atom is 0.416 e. The van der Waals surface area contributed by atoms with Gasteiger partial charge in [0.25, 0.3) is 0 Å². The van der Waals surface area contributed by atoms with Crippen molar-refractivity contribution in [2.45, 2.75) is 6.18 Å². The number of halogens is 3. The van der Waals surface area contributed by atoms with Crippen molar-refractivity contribution in [3.05, 3.63) is 35.4 Å². The lowest BCUT2D eigenvalue weighted by Gasteiger charge is -2.08. The molecule has 0 aliphatic rings. The number of hydrogen-bond donors (Lipinski definition) is 1. The van der Waals surface area contributed by atoms with Gasteiger partial charge in [-0.1, -0.05) is 17.3 Å². The average molecular weight is 247 g/mol. The van der Waals surface area contributed by atoms with Crippen LogP contribution in [0.15, 0.2) is 29.4 Å². The van der Waals surface area contributed by atoms with Gasteiger partial charge in [0.15, 0.2) is 5.71 Å². The third-order valence-corrected chi connectivity index (χ3v) is 1.94. The molecule has 1 aromatic rings. The second-order valence-electron chi connectivity index (χ2n) is 3.02. The molecule has 0 aromatic heterocycles. The highest BCUT2D eigenvalue weighted by Gasteiger charge is 2.31. The summed E-state index contributed by atoms with van der Waals surface area (Å²) >= 11 is 0. The van der Waals surface area contributed by atoms with Gasteiger partial charge < -0.3 is 9.94 Å². The normalized spacial score (nSPS) is 12.4. The Bertz CT molecular complexity index is 454. The van der Waals surface area contributed by atoms with Gasteiger partial charge in [-0.15, -0.1) is 0 Å². The molecule has 0 bridgehead atoms. The number of hydrogen-bond acceptors (Lipinski definition) is 4. The monoisotopic (exact) mass is 247 g/mol. The Kier molecular flexibility index (Phi) is 3.72. The number of nitrogens with zero attached hydrogens (tertiary/aromatic N) is 1. The molecule has 0 atom stereocenters. The lowest BCUT2D eigenvalue weighted by atomic mass is 10.1. The van der Waals surface area contributed by atoms with Crippen LogP contribution >= 0.6 is 0 Å². The molecule has 1 aromatic carbocycles. The number of benzene rings is 1. The molecule has 0 saturated heterocycles. The molecule has 17 heavy (non-hydrogen) atoms. The van der Waals surface area contributed by atoms with Gasteiger partial charge in [-0.25, -0.2) is 4.79 Å². The number of methoxy groups -OCH3 is 1. The third kappa shape index (κ3) is 2.96. The SMILES string of the molecule is COC(=O)C(=NO)c1cccc(C(F)(F)F)c1. The first kappa shape index (κ1) is 13.0. The zero-order valence-corrected chi connectivity index (χ0v) is 8.65. The van der Waals surface area contributed by atoms with Crippen LogP contribution < -0.4 is 0 Å². The molecular weight excluding hydrogens is 239 g/mol. The summed E-state index contributed by atoms with van der Waals surface area (Å²) in [5.74, 6) is -1.02. The number of carbonyl (C=O) groups is 1. The lowest BCUT2D eigenvalue weighted by molar-refractivity contribution is -0.137. The third-order valence-electron chi connectivity index (χ3n) is 1.94. The first-order valence-corrected chi connectivity index (χ1v) is 4.38. The molecule has 92 valence electrons. The Hall–Kier alpha value is -2.05. The molecule has 0 fully saturated rings. The first-order valence-electron chi connectivity index (χ1n) is 4.38. The van der Waals surface area contributed by atoms with E-state index in [4.69, 9.17) is 5.21 Å². The van der Waals surface area contributed by atoms with Crippen LogP contribution in [0, 0.1) is 0 Å². The molecule has 0 aliphatic carbocycles. The summed E-state index contributed by atoms with van der Waals surface area (Å²) in [4.78, 5) is 11.1. The van der Waals surface area contributed by atoms with Crippen molar-refractivity contribution in [3.8, 4) is 0 Å². The van der Waals surface area contributed by atoms with Gasteiger partial charge in [0.05, 0.1) is 12.7 Å². The summed E-state index contributed by atoms with van der Waals surface area (Å²) in [6.07, 6.45) is -4.54. The largest absolute Gasteiger partial charge is 0.464 e. The van der Waals surface area contributed by atoms with Crippen LogP contribution in [0.1, 0.15) is 11.1 Å². The number of rotatable bonds is 2. The highest BCUT2D eigenvalue weighted by Crippen LogP contribution is 2.29. The summed E-state index contributed by atoms with van der Waals surface area (Å²) in [5.41, 5.74) is -1.70. The van der Waals surface area contributed by atoms with Crippen molar-refractivity contribution in [3.63, 3.8) is 0 Å². The van der Waals surface area contributed by atoms with E-state index in [1.807, 2.05) is 0 Å². The van der Waals surface area contributed by atoms with E-state index in [1.54, 1.807) is 0 Å². The van der Waals surface area contributed by atoms with Gasteiger partial charge in [-0.3, -0.25) is 0 Å². The van der Waals surface area contributed by atoms with Crippen molar-refractivity contribution in [2.75, 3.05) is 7.11 Å². The van der Waals surface area contributed by atoms with Gasteiger partial charge in [0.2, 0.25) is 0 Å². The van der Waals surface area contributed by atoms with Crippen molar-refractivity contribution < 1.29 is 27.9 Å². The van der Waals surface area contributed by atoms with Gasteiger partial charge in [0, 0.05) is 5.56 Å². The summed E-state index contributed by atoms with van der Waals surface area (Å²) in [6.45, 7) is 0. The molecule has 0 amide bonds. The standard InChI is InChI=1S/C10H8F3NO3/c1-17-9(15)8(14-16)6-3-2-4-7(5-6)10(11,12)13/h2-5,16H,1H3. The van der Waals surface area contributed by atoms with Gasteiger partial charge >= 0.3 is 12.1 Å². The fourth-order valence-electron chi connectivity index (χ4n) is 1.16. The Morgan fingerprint density at radius 2 is 2.06 bits per heavy atom. The fourth-order valence-corrected chi connectivity index (χ4v) is 1.16. The number of carbonyl (C=O) groups excluding carboxylic acids is 1. The summed E-state index contributed by atoms with van der Waals surface area (Å²) in [6, 6.07) is 3.86. The van der Waals surface area contributed by atoms with Crippen LogP contribution in [0.4, 0.5) is 13.2 Å². The van der Waals surface area contributed by atoms with Crippen LogP contribution in [0.3, 0.4) is 0 Å². The summed E-state index contributed by atoms with van der Waals surface area (Å²) < 4.78 is 41.5. The van der Waals surface area contributed by atoms with Crippen LogP contribution in [-0.2, 0) is 15.7 Å². The minimum Gasteiger partial charge on any atom is -0.464 e. The van der Waals surface area contributed by atoms with E-state index in [0.717, 1.165) is 19.2 Å². The smallest absolute Gasteiger partial charge is 0.416 e. The first-order chi connectivity index (χ1) is 7.90. The van der Waals surface area contributed by atoms with E-state index < -0.39 is 23.4 Å². The van der Waals surface area contributed by atoms with E-state index in [0.29, 0.717) is 6.07 Å². The molecule has 0 aliphatic heterocycles. The summed E-state index contributed by atoms with van der Waals surface area (Å²) in [7, 11) is 1.03. The van der Waals surface area contributed by atoms with Crippen LogP contribution in [0.25, 0.3) is 0 Å². The van der Waals surface area contributed by atoms with E-state index in [-0.39, 0.29) is 5.56 Å². The maximum atomic E-state index is 12.4. The molecule has 0 spiro atoms. The number of esters is 1. The van der Waals surface area contributed by atoms with Gasteiger partial charge in [0.1, 0.15) is 0 Å². The Morgan fingerprint density at radius 1 is 1.41 bits per heavy atom. The fraction of sp³-hybridized carbons (Fsp3) is 0.200. The number of alkyl halides is 3. The molecule has 4 nitrogen and oxygen atoms in total. The highest BCUT2D eigenvalue weighted by atomic mass is 19.4. The van der Waals surface area contributed by atoms with Crippen molar-refractivity contribution in [2.24, 2.45) is 5.16 Å². The second-order valence-corrected chi connectivity index (χ2v) is 3.02. The summed E-state index contributed by atoms with van der Waals surface area (Å²) in [5, 5.41) is 11.2. The minimum atomic E-state index is -4.54. The van der Waals surface area contributed by atoms with E-state index >= 15 is 0 Å². The van der Waals surface area contributed by atoms with Crippen LogP contribution in [0.2, 0.25) is 0 Å². The number of ether oxygens (including phenoxy) is 1. The average Bonchev–Trinajstić information content (AvgIpc) is 2.29. The molecule has 0 radical (unpaired) electrons. The zero-order chi connectivity index (χ0) is 13.1. The van der Waals surface area contributed by atoms with Crippen LogP contribution in [0.5, 0.6) is 0 Å². The topological polar surface area (TPSA) is 58.9 Å². The Balaban J connectivity index is 3.20. The van der Waals surface area contributed by atoms with E-state index in [9.17, 15) is 18.0 Å². The molecule has 0 unspecified atom stereocenters. The van der Waals surface area contributed by atoms with Crippen molar-refractivity contribution >= 4 is 11.7 Å². The van der Waals surface area contributed by atoms with Gasteiger partial charge in [-0.05, 0) is 12.1 Å². The highest BCUT2D eigenvalue weighted by molar-refractivity contribution is 6.43. The quantitative estimate of drug-likeness (QED) is 0.376. The second kappa shape index (κ2) is 4.86. The molecule has 0 heterocycles. The van der Waals surface area contributed by atoms with Gasteiger partial charge in [-0.2, -0.15) is 13.2 Å². The van der Waals surface area contributed by atoms with Crippen molar-refractivity contribution in [1.82, 2.24) is 0 Å². The predicted octanol–water partition coefficient (Wildman–Crippen LogP) is 2.06. The van der Waals surface area contributed by atoms with Crippen LogP contribution in [-0.4, -0.2) is 24.0 Å². The van der Waals surface area contributed by atoms with Crippen molar-refractivity contribution in [1.29, 1.82) is 0 Å². The predicted molar refractivity (Wildman–Crippen MR) is 51.8 cm³/mol.